The molecule has 0 radical (unpaired) electrons. The molecule has 0 spiro atoms. The topological polar surface area (TPSA) is 102 Å². The van der Waals surface area contributed by atoms with E-state index in [1.807, 2.05) is 6.92 Å². The maximum Gasteiger partial charge on any atom is 0.511 e. The van der Waals surface area contributed by atoms with Crippen molar-refractivity contribution in [2.75, 3.05) is 13.7 Å². The van der Waals surface area contributed by atoms with Gasteiger partial charge in [-0.3, -0.25) is 0 Å². The molecule has 19 heavy (non-hydrogen) atoms. The lowest BCUT2D eigenvalue weighted by molar-refractivity contribution is 0.0965. The van der Waals surface area contributed by atoms with Crippen molar-refractivity contribution in [1.82, 2.24) is 0 Å². The first-order chi connectivity index (χ1) is 8.90. The van der Waals surface area contributed by atoms with Crippen molar-refractivity contribution in [1.29, 1.82) is 0 Å². The van der Waals surface area contributed by atoms with E-state index in [2.05, 4.69) is 9.47 Å². The molecule has 0 saturated heterocycles. The number of aryl methyl sites for hydroxylation is 1. The van der Waals surface area contributed by atoms with Crippen LogP contribution in [0.3, 0.4) is 0 Å². The molecule has 0 aliphatic carbocycles. The first-order valence-corrected chi connectivity index (χ1v) is 5.31. The Balaban J connectivity index is 0.000000459. The lowest BCUT2D eigenvalue weighted by Crippen LogP contribution is -2.04. The predicted molar refractivity (Wildman–Crippen MR) is 66.0 cm³/mol. The summed E-state index contributed by atoms with van der Waals surface area (Å²) < 4.78 is 13.4. The molecule has 0 atom stereocenters. The molecule has 0 unspecified atom stereocenters. The maximum atomic E-state index is 10.2. The molecule has 0 fully saturated rings. The van der Waals surface area contributed by atoms with Crippen molar-refractivity contribution in [3.05, 3.63) is 23.8 Å². The minimum absolute atomic E-state index is 0.209. The normalized spacial score (nSPS) is 8.79. The minimum Gasteiger partial charge on any atom is -0.493 e. The summed E-state index contributed by atoms with van der Waals surface area (Å²) in [6.07, 6.45) is -2.56. The van der Waals surface area contributed by atoms with E-state index in [1.54, 1.807) is 25.1 Å². The molecule has 106 valence electrons. The van der Waals surface area contributed by atoms with Gasteiger partial charge in [-0.2, -0.15) is 0 Å². The second-order valence-electron chi connectivity index (χ2n) is 3.22. The van der Waals surface area contributed by atoms with Gasteiger partial charge in [0.1, 0.15) is 0 Å². The Hall–Kier alpha value is -2.44. The van der Waals surface area contributed by atoms with Crippen molar-refractivity contribution in [2.24, 2.45) is 0 Å². The van der Waals surface area contributed by atoms with Crippen LogP contribution >= 0.6 is 0 Å². The van der Waals surface area contributed by atoms with Crippen LogP contribution in [-0.4, -0.2) is 36.2 Å². The number of benzene rings is 1. The van der Waals surface area contributed by atoms with E-state index in [-0.39, 0.29) is 12.4 Å². The van der Waals surface area contributed by atoms with Crippen LogP contribution < -0.4 is 9.47 Å². The summed E-state index contributed by atoms with van der Waals surface area (Å²) in [5.74, 6) is 0.628. The van der Waals surface area contributed by atoms with Crippen LogP contribution in [-0.2, 0) is 4.74 Å². The molecule has 0 bridgehead atoms. The highest BCUT2D eigenvalue weighted by Crippen LogP contribution is 2.27. The maximum absolute atomic E-state index is 10.2. The van der Waals surface area contributed by atoms with Crippen LogP contribution in [0.1, 0.15) is 12.5 Å². The summed E-state index contributed by atoms with van der Waals surface area (Å²) in [4.78, 5) is 19.6. The van der Waals surface area contributed by atoms with Crippen molar-refractivity contribution in [2.45, 2.75) is 13.8 Å². The largest absolute Gasteiger partial charge is 0.511 e. The van der Waals surface area contributed by atoms with E-state index in [1.165, 1.54) is 7.11 Å². The van der Waals surface area contributed by atoms with Gasteiger partial charge in [-0.15, -0.1) is 0 Å². The monoisotopic (exact) mass is 272 g/mol. The highest BCUT2D eigenvalue weighted by Gasteiger charge is 2.07. The van der Waals surface area contributed by atoms with Gasteiger partial charge in [-0.05, 0) is 31.5 Å². The molecule has 0 aliphatic rings. The first kappa shape index (κ1) is 16.6. The third-order valence-corrected chi connectivity index (χ3v) is 1.78. The summed E-state index contributed by atoms with van der Waals surface area (Å²) in [7, 11) is 1.46. The number of carboxylic acid groups (broad SMARTS) is 2. The number of carbonyl (C=O) groups is 2. The molecule has 7 nitrogen and oxygen atoms in total. The first-order valence-electron chi connectivity index (χ1n) is 5.31. The Morgan fingerprint density at radius 3 is 2.16 bits per heavy atom. The van der Waals surface area contributed by atoms with E-state index < -0.39 is 12.3 Å². The van der Waals surface area contributed by atoms with E-state index in [0.717, 1.165) is 5.56 Å². The lowest BCUT2D eigenvalue weighted by atomic mass is 10.2. The SMILES string of the molecule is CCOC(=O)O.COc1cc(C)ccc1OC(=O)O. The summed E-state index contributed by atoms with van der Waals surface area (Å²) >= 11 is 0. The zero-order valence-corrected chi connectivity index (χ0v) is 10.9. The van der Waals surface area contributed by atoms with Gasteiger partial charge in [0, 0.05) is 0 Å². The molecule has 2 N–H and O–H groups in total. The van der Waals surface area contributed by atoms with Gasteiger partial charge >= 0.3 is 12.3 Å². The molecular formula is C12H16O7. The third-order valence-electron chi connectivity index (χ3n) is 1.78. The fourth-order valence-electron chi connectivity index (χ4n) is 1.08. The number of rotatable bonds is 3. The standard InChI is InChI=1S/C9H10O4.C3H6O3/c1-6-3-4-7(13-9(10)11)8(5-6)12-2;1-2-6-3(4)5/h3-5H,1-2H3,(H,10,11);2H2,1H3,(H,4,5). The number of hydrogen-bond donors (Lipinski definition) is 2. The van der Waals surface area contributed by atoms with Crippen LogP contribution in [0.5, 0.6) is 11.5 Å². The van der Waals surface area contributed by atoms with Crippen molar-refractivity contribution < 1.29 is 34.0 Å². The molecule has 1 rings (SSSR count). The van der Waals surface area contributed by atoms with Gasteiger partial charge in [-0.1, -0.05) is 6.07 Å². The third kappa shape index (κ3) is 7.48. The van der Waals surface area contributed by atoms with Crippen LogP contribution in [0.4, 0.5) is 9.59 Å². The van der Waals surface area contributed by atoms with Crippen molar-refractivity contribution in [3.63, 3.8) is 0 Å². The average Bonchev–Trinajstić information content (AvgIpc) is 2.31. The zero-order chi connectivity index (χ0) is 14.8. The molecule has 7 heteroatoms. The van der Waals surface area contributed by atoms with E-state index >= 15 is 0 Å². The van der Waals surface area contributed by atoms with Gasteiger partial charge in [0.25, 0.3) is 0 Å². The summed E-state index contributed by atoms with van der Waals surface area (Å²) in [5, 5.41) is 16.1. The molecule has 1 aromatic carbocycles. The highest BCUT2D eigenvalue weighted by atomic mass is 16.7. The molecule has 0 aromatic heterocycles. The van der Waals surface area contributed by atoms with E-state index in [0.29, 0.717) is 5.75 Å². The molecule has 0 heterocycles. The summed E-state index contributed by atoms with van der Waals surface area (Å²) in [6.45, 7) is 3.73. The summed E-state index contributed by atoms with van der Waals surface area (Å²) in [6, 6.07) is 5.02. The second kappa shape index (κ2) is 8.62. The van der Waals surface area contributed by atoms with Crippen LogP contribution in [0.25, 0.3) is 0 Å². The molecule has 0 amide bonds. The van der Waals surface area contributed by atoms with Gasteiger partial charge in [0.15, 0.2) is 11.5 Å². The Labute approximate surface area is 110 Å². The van der Waals surface area contributed by atoms with Gasteiger partial charge in [0.2, 0.25) is 0 Å². The van der Waals surface area contributed by atoms with Crippen molar-refractivity contribution >= 4 is 12.3 Å². The van der Waals surface area contributed by atoms with Crippen LogP contribution in [0.2, 0.25) is 0 Å². The Kier molecular flexibility index (Phi) is 7.51. The van der Waals surface area contributed by atoms with Crippen LogP contribution in [0, 0.1) is 6.92 Å². The van der Waals surface area contributed by atoms with Gasteiger partial charge in [-0.25, -0.2) is 9.59 Å². The quantitative estimate of drug-likeness (QED) is 0.644. The smallest absolute Gasteiger partial charge is 0.493 e. The predicted octanol–water partition coefficient (Wildman–Crippen LogP) is 2.76. The highest BCUT2D eigenvalue weighted by molar-refractivity contribution is 5.63. The van der Waals surface area contributed by atoms with Gasteiger partial charge in [0.05, 0.1) is 13.7 Å². The van der Waals surface area contributed by atoms with Crippen LogP contribution in [0.15, 0.2) is 18.2 Å². The summed E-state index contributed by atoms with van der Waals surface area (Å²) in [5.41, 5.74) is 0.981. The minimum atomic E-state index is -1.35. The van der Waals surface area contributed by atoms with E-state index in [9.17, 15) is 9.59 Å². The fraction of sp³-hybridized carbons (Fsp3) is 0.333. The molecular weight excluding hydrogens is 256 g/mol. The lowest BCUT2D eigenvalue weighted by Gasteiger charge is -2.06. The molecule has 0 saturated carbocycles. The zero-order valence-electron chi connectivity index (χ0n) is 10.9. The fourth-order valence-corrected chi connectivity index (χ4v) is 1.08. The Morgan fingerprint density at radius 2 is 1.79 bits per heavy atom. The number of methoxy groups -OCH3 is 1. The molecule has 0 aliphatic heterocycles. The van der Waals surface area contributed by atoms with E-state index in [4.69, 9.17) is 14.9 Å². The average molecular weight is 272 g/mol. The molecule has 1 aromatic rings. The van der Waals surface area contributed by atoms with Crippen molar-refractivity contribution in [3.8, 4) is 11.5 Å². The Bertz CT molecular complexity index is 428. The van der Waals surface area contributed by atoms with Gasteiger partial charge < -0.3 is 24.4 Å². The second-order valence-corrected chi connectivity index (χ2v) is 3.22. The Morgan fingerprint density at radius 1 is 1.16 bits per heavy atom. The number of ether oxygens (including phenoxy) is 3. The number of hydrogen-bond acceptors (Lipinski definition) is 5.